The highest BCUT2D eigenvalue weighted by Gasteiger charge is 2.02. The van der Waals surface area contributed by atoms with Crippen LogP contribution in [0.4, 0.5) is 0 Å². The summed E-state index contributed by atoms with van der Waals surface area (Å²) in [5.41, 5.74) is 5.26. The number of aryl methyl sites for hydroxylation is 1. The normalized spacial score (nSPS) is 10.4. The highest BCUT2D eigenvalue weighted by atomic mass is 16.5. The van der Waals surface area contributed by atoms with Crippen molar-refractivity contribution in [2.45, 2.75) is 19.4 Å². The molecule has 0 saturated carbocycles. The molecule has 0 atom stereocenters. The maximum atomic E-state index is 8.48. The Morgan fingerprint density at radius 3 is 2.91 bits per heavy atom. The average Bonchev–Trinajstić information content (AvgIpc) is 2.48. The van der Waals surface area contributed by atoms with Gasteiger partial charge in [0.05, 0.1) is 6.54 Å². The SMILES string of the molecule is NCc1noc(CCCO)n1. The molecule has 0 fully saturated rings. The number of nitrogens with two attached hydrogens (primary N) is 1. The zero-order valence-corrected chi connectivity index (χ0v) is 6.16. The summed E-state index contributed by atoms with van der Waals surface area (Å²) in [5.74, 6) is 1.05. The Balaban J connectivity index is 2.44. The van der Waals surface area contributed by atoms with E-state index in [2.05, 4.69) is 10.1 Å². The summed E-state index contributed by atoms with van der Waals surface area (Å²) in [5, 5.41) is 12.1. The molecule has 1 aromatic heterocycles. The van der Waals surface area contributed by atoms with Crippen molar-refractivity contribution in [2.24, 2.45) is 5.73 Å². The van der Waals surface area contributed by atoms with Crippen molar-refractivity contribution in [3.05, 3.63) is 11.7 Å². The molecule has 0 amide bonds. The van der Waals surface area contributed by atoms with E-state index in [9.17, 15) is 0 Å². The number of hydrogen-bond acceptors (Lipinski definition) is 5. The quantitative estimate of drug-likeness (QED) is 0.612. The second-order valence-electron chi connectivity index (χ2n) is 2.14. The van der Waals surface area contributed by atoms with Gasteiger partial charge in [-0.3, -0.25) is 0 Å². The summed E-state index contributed by atoms with van der Waals surface area (Å²) in [6.45, 7) is 0.433. The first-order valence-corrected chi connectivity index (χ1v) is 3.49. The van der Waals surface area contributed by atoms with E-state index in [1.807, 2.05) is 0 Å². The van der Waals surface area contributed by atoms with E-state index in [0.29, 0.717) is 31.1 Å². The van der Waals surface area contributed by atoms with Crippen molar-refractivity contribution in [3.8, 4) is 0 Å². The summed E-state index contributed by atoms with van der Waals surface area (Å²) in [6, 6.07) is 0. The first-order valence-electron chi connectivity index (χ1n) is 3.49. The van der Waals surface area contributed by atoms with Gasteiger partial charge in [0.15, 0.2) is 5.82 Å². The molecular formula is C6H11N3O2. The monoisotopic (exact) mass is 157 g/mol. The predicted octanol–water partition coefficient (Wildman–Crippen LogP) is -0.547. The molecule has 11 heavy (non-hydrogen) atoms. The van der Waals surface area contributed by atoms with E-state index in [1.54, 1.807) is 0 Å². The minimum absolute atomic E-state index is 0.139. The van der Waals surface area contributed by atoms with Gasteiger partial charge in [-0.1, -0.05) is 5.16 Å². The van der Waals surface area contributed by atoms with Crippen molar-refractivity contribution in [2.75, 3.05) is 6.61 Å². The zero-order valence-electron chi connectivity index (χ0n) is 6.16. The van der Waals surface area contributed by atoms with Gasteiger partial charge in [0.25, 0.3) is 0 Å². The summed E-state index contributed by atoms with van der Waals surface area (Å²) in [6.07, 6.45) is 1.26. The van der Waals surface area contributed by atoms with Crippen LogP contribution in [-0.2, 0) is 13.0 Å². The first kappa shape index (κ1) is 8.16. The van der Waals surface area contributed by atoms with Crippen LogP contribution < -0.4 is 5.73 Å². The molecule has 0 bridgehead atoms. The number of nitrogens with zero attached hydrogens (tertiary/aromatic N) is 2. The third-order valence-electron chi connectivity index (χ3n) is 1.24. The van der Waals surface area contributed by atoms with E-state index in [1.165, 1.54) is 0 Å². The average molecular weight is 157 g/mol. The van der Waals surface area contributed by atoms with Gasteiger partial charge >= 0.3 is 0 Å². The molecule has 62 valence electrons. The van der Waals surface area contributed by atoms with Crippen molar-refractivity contribution < 1.29 is 9.63 Å². The topological polar surface area (TPSA) is 85.2 Å². The first-order chi connectivity index (χ1) is 5.36. The summed E-state index contributed by atoms with van der Waals surface area (Å²) < 4.78 is 4.81. The van der Waals surface area contributed by atoms with Gasteiger partial charge in [-0.25, -0.2) is 0 Å². The van der Waals surface area contributed by atoms with Crippen LogP contribution >= 0.6 is 0 Å². The fourth-order valence-corrected chi connectivity index (χ4v) is 0.705. The molecule has 0 saturated heterocycles. The molecule has 0 aliphatic carbocycles. The number of aromatic nitrogens is 2. The lowest BCUT2D eigenvalue weighted by Gasteiger charge is -1.87. The van der Waals surface area contributed by atoms with Gasteiger partial charge in [0, 0.05) is 13.0 Å². The van der Waals surface area contributed by atoms with E-state index in [-0.39, 0.29) is 6.61 Å². The van der Waals surface area contributed by atoms with Crippen LogP contribution in [0.3, 0.4) is 0 Å². The van der Waals surface area contributed by atoms with Crippen molar-refractivity contribution in [1.29, 1.82) is 0 Å². The van der Waals surface area contributed by atoms with Gasteiger partial charge in [-0.15, -0.1) is 0 Å². The molecule has 0 aliphatic rings. The molecule has 0 aromatic carbocycles. The Kier molecular flexibility index (Phi) is 3.00. The van der Waals surface area contributed by atoms with Gasteiger partial charge in [0.2, 0.25) is 5.89 Å². The highest BCUT2D eigenvalue weighted by molar-refractivity contribution is 4.84. The maximum Gasteiger partial charge on any atom is 0.226 e. The molecule has 0 aliphatic heterocycles. The predicted molar refractivity (Wildman–Crippen MR) is 37.6 cm³/mol. The van der Waals surface area contributed by atoms with Crippen LogP contribution in [0.2, 0.25) is 0 Å². The van der Waals surface area contributed by atoms with E-state index >= 15 is 0 Å². The van der Waals surface area contributed by atoms with E-state index in [0.717, 1.165) is 0 Å². The van der Waals surface area contributed by atoms with E-state index < -0.39 is 0 Å². The van der Waals surface area contributed by atoms with Crippen LogP contribution in [-0.4, -0.2) is 21.9 Å². The molecule has 1 heterocycles. The lowest BCUT2D eigenvalue weighted by atomic mass is 10.3. The molecule has 0 radical (unpaired) electrons. The van der Waals surface area contributed by atoms with Gasteiger partial charge in [-0.05, 0) is 6.42 Å². The molecule has 5 heteroatoms. The number of aliphatic hydroxyl groups excluding tert-OH is 1. The largest absolute Gasteiger partial charge is 0.396 e. The molecule has 5 nitrogen and oxygen atoms in total. The zero-order chi connectivity index (χ0) is 8.10. The summed E-state index contributed by atoms with van der Waals surface area (Å²) in [4.78, 5) is 3.95. The Labute approximate surface area is 64.2 Å². The van der Waals surface area contributed by atoms with Crippen molar-refractivity contribution >= 4 is 0 Å². The smallest absolute Gasteiger partial charge is 0.226 e. The molecule has 3 N–H and O–H groups in total. The number of aliphatic hydroxyl groups is 1. The van der Waals surface area contributed by atoms with Gasteiger partial charge < -0.3 is 15.4 Å². The highest BCUT2D eigenvalue weighted by Crippen LogP contribution is 1.99. The molecule has 0 spiro atoms. The number of hydrogen-bond donors (Lipinski definition) is 2. The summed E-state index contributed by atoms with van der Waals surface area (Å²) >= 11 is 0. The van der Waals surface area contributed by atoms with E-state index in [4.69, 9.17) is 15.4 Å². The molecule has 1 rings (SSSR count). The molecule has 1 aromatic rings. The second-order valence-corrected chi connectivity index (χ2v) is 2.14. The van der Waals surface area contributed by atoms with Crippen LogP contribution in [0, 0.1) is 0 Å². The molecular weight excluding hydrogens is 146 g/mol. The number of rotatable bonds is 4. The fraction of sp³-hybridized carbons (Fsp3) is 0.667. The van der Waals surface area contributed by atoms with Gasteiger partial charge in [-0.2, -0.15) is 4.98 Å². The Bertz CT molecular complexity index is 211. The van der Waals surface area contributed by atoms with Crippen LogP contribution in [0.1, 0.15) is 18.1 Å². The standard InChI is InChI=1S/C6H11N3O2/c7-4-5-8-6(11-9-5)2-1-3-10/h10H,1-4,7H2. The van der Waals surface area contributed by atoms with Gasteiger partial charge in [0.1, 0.15) is 0 Å². The minimum Gasteiger partial charge on any atom is -0.396 e. The summed E-state index contributed by atoms with van der Waals surface area (Å²) in [7, 11) is 0. The Morgan fingerprint density at radius 1 is 1.55 bits per heavy atom. The third kappa shape index (κ3) is 2.28. The fourth-order valence-electron chi connectivity index (χ4n) is 0.705. The minimum atomic E-state index is 0.139. The van der Waals surface area contributed by atoms with Crippen molar-refractivity contribution in [3.63, 3.8) is 0 Å². The lowest BCUT2D eigenvalue weighted by Crippen LogP contribution is -1.98. The third-order valence-corrected chi connectivity index (χ3v) is 1.24. The molecule has 0 unspecified atom stereocenters. The Morgan fingerprint density at radius 2 is 2.36 bits per heavy atom. The van der Waals surface area contributed by atoms with Crippen molar-refractivity contribution in [1.82, 2.24) is 10.1 Å². The second kappa shape index (κ2) is 4.05. The van der Waals surface area contributed by atoms with Crippen LogP contribution in [0.5, 0.6) is 0 Å². The Hall–Kier alpha value is -0.940. The van der Waals surface area contributed by atoms with Crippen LogP contribution in [0.15, 0.2) is 4.52 Å². The lowest BCUT2D eigenvalue weighted by molar-refractivity contribution is 0.278. The maximum absolute atomic E-state index is 8.48. The van der Waals surface area contributed by atoms with Crippen LogP contribution in [0.25, 0.3) is 0 Å².